The molecule has 1 aliphatic rings. The second-order valence-electron chi connectivity index (χ2n) is 5.08. The Morgan fingerprint density at radius 2 is 2.14 bits per heavy atom. The van der Waals surface area contributed by atoms with E-state index in [0.29, 0.717) is 24.3 Å². The Balaban J connectivity index is 1.74. The van der Waals surface area contributed by atoms with Crippen molar-refractivity contribution in [3.63, 3.8) is 0 Å². The van der Waals surface area contributed by atoms with Crippen LogP contribution >= 0.6 is 0 Å². The van der Waals surface area contributed by atoms with Crippen molar-refractivity contribution in [2.45, 2.75) is 6.04 Å². The largest absolute Gasteiger partial charge is 0.356 e. The molecule has 21 heavy (non-hydrogen) atoms. The maximum atomic E-state index is 12.5. The van der Waals surface area contributed by atoms with Gasteiger partial charge in [0.2, 0.25) is 0 Å². The molecule has 0 radical (unpaired) electrons. The molecule has 5 heteroatoms. The normalized spacial score (nSPS) is 18.2. The van der Waals surface area contributed by atoms with E-state index in [1.807, 2.05) is 29.2 Å². The molecular formula is C16H16N4O. The maximum Gasteiger partial charge on any atom is 0.270 e. The average molecular weight is 280 g/mol. The third-order valence-electron chi connectivity index (χ3n) is 3.71. The minimum Gasteiger partial charge on any atom is -0.356 e. The number of nitrogens with one attached hydrogen (secondary N) is 2. The Morgan fingerprint density at radius 1 is 1.33 bits per heavy atom. The van der Waals surface area contributed by atoms with Gasteiger partial charge in [0.05, 0.1) is 5.56 Å². The molecule has 3 rings (SSSR count). The second kappa shape index (κ2) is 5.81. The zero-order valence-corrected chi connectivity index (χ0v) is 11.5. The van der Waals surface area contributed by atoms with Gasteiger partial charge in [-0.2, -0.15) is 5.26 Å². The molecule has 2 heterocycles. The highest BCUT2D eigenvalue weighted by Gasteiger charge is 2.25. The molecule has 106 valence electrons. The van der Waals surface area contributed by atoms with Gasteiger partial charge in [0.15, 0.2) is 0 Å². The highest BCUT2D eigenvalue weighted by atomic mass is 16.2. The number of carbonyl (C=O) groups is 1. The molecular weight excluding hydrogens is 264 g/mol. The monoisotopic (exact) mass is 280 g/mol. The van der Waals surface area contributed by atoms with Crippen molar-refractivity contribution >= 4 is 5.91 Å². The van der Waals surface area contributed by atoms with Gasteiger partial charge in [0.1, 0.15) is 11.8 Å². The summed E-state index contributed by atoms with van der Waals surface area (Å²) < 4.78 is 0. The lowest BCUT2D eigenvalue weighted by atomic mass is 10.0. The van der Waals surface area contributed by atoms with Crippen molar-refractivity contribution < 1.29 is 4.79 Å². The van der Waals surface area contributed by atoms with Crippen LogP contribution in [0, 0.1) is 11.3 Å². The lowest BCUT2D eigenvalue weighted by Gasteiger charge is -2.33. The second-order valence-corrected chi connectivity index (χ2v) is 5.08. The summed E-state index contributed by atoms with van der Waals surface area (Å²) in [4.78, 5) is 17.2. The number of rotatable bonds is 2. The van der Waals surface area contributed by atoms with Crippen LogP contribution in [0.25, 0.3) is 0 Å². The van der Waals surface area contributed by atoms with Crippen molar-refractivity contribution in [2.75, 3.05) is 19.6 Å². The van der Waals surface area contributed by atoms with Crippen molar-refractivity contribution in [2.24, 2.45) is 0 Å². The highest BCUT2D eigenvalue weighted by Crippen LogP contribution is 2.18. The number of nitrogens with zero attached hydrogens (tertiary/aromatic N) is 2. The number of carbonyl (C=O) groups excluding carboxylic acids is 1. The molecule has 0 bridgehead atoms. The Bertz CT molecular complexity index is 671. The maximum absolute atomic E-state index is 12.5. The lowest BCUT2D eigenvalue weighted by molar-refractivity contribution is 0.0697. The number of hydrogen-bond acceptors (Lipinski definition) is 3. The van der Waals surface area contributed by atoms with Crippen LogP contribution in [0.15, 0.2) is 42.6 Å². The van der Waals surface area contributed by atoms with Crippen LogP contribution in [0.3, 0.4) is 0 Å². The molecule has 1 aromatic carbocycles. The van der Waals surface area contributed by atoms with Crippen LogP contribution < -0.4 is 5.32 Å². The van der Waals surface area contributed by atoms with Crippen molar-refractivity contribution in [3.8, 4) is 6.07 Å². The van der Waals surface area contributed by atoms with Gasteiger partial charge in [-0.3, -0.25) is 4.79 Å². The molecule has 1 aromatic heterocycles. The van der Waals surface area contributed by atoms with Crippen LogP contribution in [0.5, 0.6) is 0 Å². The SMILES string of the molecule is N#Cc1c[nH]c(C(=O)N2CCN[C@@H](c3ccccc3)C2)c1. The van der Waals surface area contributed by atoms with Gasteiger partial charge in [-0.05, 0) is 11.6 Å². The number of nitriles is 1. The fraction of sp³-hybridized carbons (Fsp3) is 0.250. The summed E-state index contributed by atoms with van der Waals surface area (Å²) in [6.45, 7) is 2.06. The standard InChI is InChI=1S/C16H16N4O/c17-9-12-8-14(19-10-12)16(21)20-7-6-18-15(11-20)13-4-2-1-3-5-13/h1-5,8,10,15,18-19H,6-7,11H2/t15-/m1/s1. The van der Waals surface area contributed by atoms with E-state index in [4.69, 9.17) is 5.26 Å². The third kappa shape index (κ3) is 2.81. The summed E-state index contributed by atoms with van der Waals surface area (Å²) in [5, 5.41) is 12.3. The van der Waals surface area contributed by atoms with E-state index >= 15 is 0 Å². The predicted molar refractivity (Wildman–Crippen MR) is 78.6 cm³/mol. The van der Waals surface area contributed by atoms with Crippen LogP contribution in [0.2, 0.25) is 0 Å². The van der Waals surface area contributed by atoms with E-state index in [0.717, 1.165) is 6.54 Å². The Hall–Kier alpha value is -2.58. The first-order valence-corrected chi connectivity index (χ1v) is 6.94. The molecule has 2 aromatic rings. The Kier molecular flexibility index (Phi) is 3.71. The van der Waals surface area contributed by atoms with Crippen molar-refractivity contribution in [1.29, 1.82) is 5.26 Å². The summed E-state index contributed by atoms with van der Waals surface area (Å²) in [6, 6.07) is 13.9. The summed E-state index contributed by atoms with van der Waals surface area (Å²) >= 11 is 0. The number of amides is 1. The van der Waals surface area contributed by atoms with Crippen molar-refractivity contribution in [1.82, 2.24) is 15.2 Å². The van der Waals surface area contributed by atoms with Crippen molar-refractivity contribution in [3.05, 3.63) is 59.4 Å². The molecule has 0 spiro atoms. The fourth-order valence-electron chi connectivity index (χ4n) is 2.60. The van der Waals surface area contributed by atoms with Crippen LogP contribution in [0.1, 0.15) is 27.7 Å². The smallest absolute Gasteiger partial charge is 0.270 e. The number of aromatic amines is 1. The summed E-state index contributed by atoms with van der Waals surface area (Å²) in [6.07, 6.45) is 1.56. The van der Waals surface area contributed by atoms with E-state index in [-0.39, 0.29) is 11.9 Å². The van der Waals surface area contributed by atoms with E-state index in [1.165, 1.54) is 5.56 Å². The van der Waals surface area contributed by atoms with Crippen LogP contribution in [-0.4, -0.2) is 35.4 Å². The molecule has 1 amide bonds. The predicted octanol–water partition coefficient (Wildman–Crippen LogP) is 1.67. The summed E-state index contributed by atoms with van der Waals surface area (Å²) in [7, 11) is 0. The van der Waals surface area contributed by atoms with Gasteiger partial charge in [0, 0.05) is 31.9 Å². The minimum atomic E-state index is -0.0565. The molecule has 0 saturated carbocycles. The van der Waals surface area contributed by atoms with E-state index in [1.54, 1.807) is 12.3 Å². The topological polar surface area (TPSA) is 71.9 Å². The quantitative estimate of drug-likeness (QED) is 0.879. The molecule has 0 unspecified atom stereocenters. The summed E-state index contributed by atoms with van der Waals surface area (Å²) in [5.41, 5.74) is 2.13. The zero-order valence-electron chi connectivity index (χ0n) is 11.5. The van der Waals surface area contributed by atoms with Gasteiger partial charge in [-0.25, -0.2) is 0 Å². The Labute approximate surface area is 123 Å². The van der Waals surface area contributed by atoms with Crippen LogP contribution in [0.4, 0.5) is 0 Å². The van der Waals surface area contributed by atoms with E-state index < -0.39 is 0 Å². The third-order valence-corrected chi connectivity index (χ3v) is 3.71. The first kappa shape index (κ1) is 13.4. The van der Waals surface area contributed by atoms with E-state index in [2.05, 4.69) is 22.4 Å². The first-order chi connectivity index (χ1) is 10.3. The van der Waals surface area contributed by atoms with E-state index in [9.17, 15) is 4.79 Å². The summed E-state index contributed by atoms with van der Waals surface area (Å²) in [5.74, 6) is -0.0565. The molecule has 1 atom stereocenters. The van der Waals surface area contributed by atoms with Gasteiger partial charge in [-0.15, -0.1) is 0 Å². The number of H-pyrrole nitrogens is 1. The molecule has 1 saturated heterocycles. The molecule has 1 aliphatic heterocycles. The zero-order chi connectivity index (χ0) is 14.7. The van der Waals surface area contributed by atoms with Gasteiger partial charge in [0.25, 0.3) is 5.91 Å². The lowest BCUT2D eigenvalue weighted by Crippen LogP contribution is -2.48. The average Bonchev–Trinajstić information content (AvgIpc) is 3.04. The number of piperazine rings is 1. The fourth-order valence-corrected chi connectivity index (χ4v) is 2.60. The number of benzene rings is 1. The molecule has 5 nitrogen and oxygen atoms in total. The first-order valence-electron chi connectivity index (χ1n) is 6.94. The number of aromatic nitrogens is 1. The highest BCUT2D eigenvalue weighted by molar-refractivity contribution is 5.93. The van der Waals surface area contributed by atoms with Gasteiger partial charge < -0.3 is 15.2 Å². The van der Waals surface area contributed by atoms with Gasteiger partial charge in [-0.1, -0.05) is 30.3 Å². The molecule has 2 N–H and O–H groups in total. The van der Waals surface area contributed by atoms with Gasteiger partial charge >= 0.3 is 0 Å². The minimum absolute atomic E-state index is 0.0565. The molecule has 0 aliphatic carbocycles. The Morgan fingerprint density at radius 3 is 2.86 bits per heavy atom. The van der Waals surface area contributed by atoms with Crippen LogP contribution in [-0.2, 0) is 0 Å². The molecule has 1 fully saturated rings. The number of hydrogen-bond donors (Lipinski definition) is 2.